The maximum Gasteiger partial charge on any atom is 0.00966 e. The monoisotopic (exact) mass is 251 g/mol. The molecule has 1 N–H and O–H groups in total. The van der Waals surface area contributed by atoms with Crippen molar-refractivity contribution in [3.63, 3.8) is 0 Å². The Balaban J connectivity index is 1.99. The molecule has 0 bridgehead atoms. The summed E-state index contributed by atoms with van der Waals surface area (Å²) in [7, 11) is 0. The van der Waals surface area contributed by atoms with Crippen molar-refractivity contribution in [2.75, 3.05) is 6.54 Å². The van der Waals surface area contributed by atoms with Gasteiger partial charge in [0.05, 0.1) is 0 Å². The van der Waals surface area contributed by atoms with Gasteiger partial charge in [-0.3, -0.25) is 0 Å². The van der Waals surface area contributed by atoms with Crippen molar-refractivity contribution in [2.45, 2.75) is 79.2 Å². The minimum absolute atomic E-state index is 0.256. The lowest BCUT2D eigenvalue weighted by Gasteiger charge is -2.31. The second kappa shape index (κ2) is 4.51. The summed E-state index contributed by atoms with van der Waals surface area (Å²) in [6.45, 7) is 15.6. The molecule has 2 atom stereocenters. The summed E-state index contributed by atoms with van der Waals surface area (Å²) in [5, 5.41) is 3.73. The van der Waals surface area contributed by atoms with Crippen LogP contribution in [0.5, 0.6) is 0 Å². The lowest BCUT2D eigenvalue weighted by molar-refractivity contribution is 0.195. The molecule has 1 nitrogen and oxygen atoms in total. The van der Waals surface area contributed by atoms with E-state index in [2.05, 4.69) is 46.9 Å². The molecule has 2 aliphatic carbocycles. The van der Waals surface area contributed by atoms with Gasteiger partial charge in [0.1, 0.15) is 0 Å². The first kappa shape index (κ1) is 14.4. The largest absolute Gasteiger partial charge is 0.312 e. The fourth-order valence-corrected chi connectivity index (χ4v) is 4.53. The van der Waals surface area contributed by atoms with Crippen LogP contribution >= 0.6 is 0 Å². The molecule has 0 aromatic heterocycles. The molecule has 0 heterocycles. The normalized spacial score (nSPS) is 36.7. The van der Waals surface area contributed by atoms with Crippen LogP contribution in [-0.2, 0) is 0 Å². The molecule has 0 spiro atoms. The zero-order valence-corrected chi connectivity index (χ0v) is 13.4. The van der Waals surface area contributed by atoms with Gasteiger partial charge >= 0.3 is 0 Å². The SMILES string of the molecule is CC(C)(C)NCC1C(C)(C)C1(C)C1CCCCC1. The number of hydrogen-bond donors (Lipinski definition) is 1. The maximum atomic E-state index is 3.73. The Morgan fingerprint density at radius 2 is 1.56 bits per heavy atom. The van der Waals surface area contributed by atoms with Crippen molar-refractivity contribution in [2.24, 2.45) is 22.7 Å². The maximum absolute atomic E-state index is 3.73. The lowest BCUT2D eigenvalue weighted by atomic mass is 9.75. The zero-order chi connectivity index (χ0) is 13.6. The van der Waals surface area contributed by atoms with Gasteiger partial charge in [-0.1, -0.05) is 40.0 Å². The molecule has 1 heteroatoms. The predicted molar refractivity (Wildman–Crippen MR) is 79.7 cm³/mol. The van der Waals surface area contributed by atoms with Gasteiger partial charge in [-0.05, 0) is 62.8 Å². The average molecular weight is 251 g/mol. The molecular weight excluding hydrogens is 218 g/mol. The summed E-state index contributed by atoms with van der Waals surface area (Å²) in [5.74, 6) is 1.85. The third-order valence-electron chi connectivity index (χ3n) is 6.19. The van der Waals surface area contributed by atoms with Gasteiger partial charge in [0.25, 0.3) is 0 Å². The van der Waals surface area contributed by atoms with Gasteiger partial charge in [-0.2, -0.15) is 0 Å². The van der Waals surface area contributed by atoms with Crippen molar-refractivity contribution >= 4 is 0 Å². The summed E-state index contributed by atoms with van der Waals surface area (Å²) in [6, 6.07) is 0. The van der Waals surface area contributed by atoms with Crippen LogP contribution in [0.3, 0.4) is 0 Å². The average Bonchev–Trinajstić information content (AvgIpc) is 2.71. The van der Waals surface area contributed by atoms with Crippen molar-refractivity contribution in [3.05, 3.63) is 0 Å². The number of nitrogens with one attached hydrogen (secondary N) is 1. The number of hydrogen-bond acceptors (Lipinski definition) is 1. The second-order valence-corrected chi connectivity index (χ2v) is 8.52. The Morgan fingerprint density at radius 3 is 2.06 bits per heavy atom. The Morgan fingerprint density at radius 1 is 1.00 bits per heavy atom. The number of rotatable bonds is 3. The first-order valence-corrected chi connectivity index (χ1v) is 7.94. The topological polar surface area (TPSA) is 12.0 Å². The molecule has 2 unspecified atom stereocenters. The van der Waals surface area contributed by atoms with Crippen LogP contribution < -0.4 is 5.32 Å². The molecule has 2 rings (SSSR count). The standard InChI is InChI=1S/C17H33N/c1-15(2,3)18-12-14-16(4,5)17(14,6)13-10-8-7-9-11-13/h13-14,18H,7-12H2,1-6H3. The summed E-state index contributed by atoms with van der Waals surface area (Å²) in [4.78, 5) is 0. The molecule has 0 aromatic rings. The molecular formula is C17H33N. The van der Waals surface area contributed by atoms with Crippen molar-refractivity contribution in [1.82, 2.24) is 5.32 Å². The molecule has 2 fully saturated rings. The van der Waals surface area contributed by atoms with E-state index in [1.54, 1.807) is 0 Å². The van der Waals surface area contributed by atoms with E-state index in [1.807, 2.05) is 0 Å². The van der Waals surface area contributed by atoms with Gasteiger partial charge in [0.2, 0.25) is 0 Å². The van der Waals surface area contributed by atoms with Crippen LogP contribution in [0.4, 0.5) is 0 Å². The van der Waals surface area contributed by atoms with E-state index in [-0.39, 0.29) is 5.54 Å². The Labute approximate surface area is 114 Å². The van der Waals surface area contributed by atoms with Crippen LogP contribution in [0.15, 0.2) is 0 Å². The molecule has 18 heavy (non-hydrogen) atoms. The predicted octanol–water partition coefficient (Wildman–Crippen LogP) is 4.62. The molecule has 106 valence electrons. The highest BCUT2D eigenvalue weighted by molar-refractivity contribution is 5.18. The fourth-order valence-electron chi connectivity index (χ4n) is 4.53. The minimum atomic E-state index is 0.256. The molecule has 0 aliphatic heterocycles. The Hall–Kier alpha value is -0.0400. The summed E-state index contributed by atoms with van der Waals surface area (Å²) in [5.41, 5.74) is 1.38. The molecule has 2 saturated carbocycles. The van der Waals surface area contributed by atoms with Crippen LogP contribution in [0.1, 0.15) is 73.6 Å². The van der Waals surface area contributed by atoms with Crippen LogP contribution in [0, 0.1) is 22.7 Å². The van der Waals surface area contributed by atoms with Gasteiger partial charge < -0.3 is 5.32 Å². The second-order valence-electron chi connectivity index (χ2n) is 8.52. The molecule has 0 amide bonds. The Bertz CT molecular complexity index is 293. The van der Waals surface area contributed by atoms with Crippen molar-refractivity contribution in [1.29, 1.82) is 0 Å². The smallest absolute Gasteiger partial charge is 0.00966 e. The van der Waals surface area contributed by atoms with E-state index in [0.29, 0.717) is 10.8 Å². The van der Waals surface area contributed by atoms with E-state index >= 15 is 0 Å². The van der Waals surface area contributed by atoms with Crippen molar-refractivity contribution < 1.29 is 0 Å². The van der Waals surface area contributed by atoms with E-state index in [1.165, 1.54) is 38.6 Å². The fraction of sp³-hybridized carbons (Fsp3) is 1.00. The first-order valence-electron chi connectivity index (χ1n) is 7.94. The van der Waals surface area contributed by atoms with Crippen LogP contribution in [0.2, 0.25) is 0 Å². The van der Waals surface area contributed by atoms with E-state index in [4.69, 9.17) is 0 Å². The molecule has 0 radical (unpaired) electrons. The molecule has 2 aliphatic rings. The van der Waals surface area contributed by atoms with Gasteiger partial charge in [0, 0.05) is 5.54 Å². The lowest BCUT2D eigenvalue weighted by Crippen LogP contribution is -2.38. The summed E-state index contributed by atoms with van der Waals surface area (Å²) >= 11 is 0. The molecule has 0 saturated heterocycles. The summed E-state index contributed by atoms with van der Waals surface area (Å²) in [6.07, 6.45) is 7.36. The third-order valence-corrected chi connectivity index (χ3v) is 6.19. The van der Waals surface area contributed by atoms with Crippen LogP contribution in [-0.4, -0.2) is 12.1 Å². The quantitative estimate of drug-likeness (QED) is 0.772. The van der Waals surface area contributed by atoms with Gasteiger partial charge in [0.15, 0.2) is 0 Å². The minimum Gasteiger partial charge on any atom is -0.312 e. The van der Waals surface area contributed by atoms with E-state index < -0.39 is 0 Å². The van der Waals surface area contributed by atoms with Crippen molar-refractivity contribution in [3.8, 4) is 0 Å². The van der Waals surface area contributed by atoms with Crippen LogP contribution in [0.25, 0.3) is 0 Å². The highest BCUT2D eigenvalue weighted by atomic mass is 15.0. The van der Waals surface area contributed by atoms with E-state index in [9.17, 15) is 0 Å². The highest BCUT2D eigenvalue weighted by Gasteiger charge is 2.69. The zero-order valence-electron chi connectivity index (χ0n) is 13.4. The Kier molecular flexibility index (Phi) is 3.60. The summed E-state index contributed by atoms with van der Waals surface area (Å²) < 4.78 is 0. The highest BCUT2D eigenvalue weighted by Crippen LogP contribution is 2.73. The van der Waals surface area contributed by atoms with Gasteiger partial charge in [-0.25, -0.2) is 0 Å². The van der Waals surface area contributed by atoms with Gasteiger partial charge in [-0.15, -0.1) is 0 Å². The molecule has 0 aromatic carbocycles. The van der Waals surface area contributed by atoms with E-state index in [0.717, 1.165) is 11.8 Å². The third kappa shape index (κ3) is 2.35. The first-order chi connectivity index (χ1) is 8.19.